The number of nitrogens with one attached hydrogen (secondary N) is 1. The van der Waals surface area contributed by atoms with Crippen LogP contribution in [0, 0.1) is 5.92 Å². The van der Waals surface area contributed by atoms with Gasteiger partial charge in [0.25, 0.3) is 0 Å². The van der Waals surface area contributed by atoms with Gasteiger partial charge >= 0.3 is 5.97 Å². The molecule has 2 N–H and O–H groups in total. The molecule has 2 heterocycles. The summed E-state index contributed by atoms with van der Waals surface area (Å²) in [4.78, 5) is 11.1. The second-order valence-electron chi connectivity index (χ2n) is 5.28. The van der Waals surface area contributed by atoms with Crippen LogP contribution in [-0.4, -0.2) is 29.3 Å². The molecule has 1 saturated heterocycles. The van der Waals surface area contributed by atoms with Crippen LogP contribution in [-0.2, 0) is 11.8 Å². The monoisotopic (exact) mass is 274 g/mol. The van der Waals surface area contributed by atoms with Crippen LogP contribution in [0.1, 0.15) is 18.0 Å². The highest BCUT2D eigenvalue weighted by molar-refractivity contribution is 5.88. The lowest BCUT2D eigenvalue weighted by Gasteiger charge is -2.16. The van der Waals surface area contributed by atoms with Crippen molar-refractivity contribution in [2.24, 2.45) is 13.0 Å². The molecule has 5 nitrogen and oxygen atoms in total. The SMILES string of the molecule is COc1c(C2CC(C(=O)O)CN2)ccc2c1ccn2C. The molecule has 0 amide bonds. The van der Waals surface area contributed by atoms with Gasteiger partial charge in [0.2, 0.25) is 0 Å². The minimum Gasteiger partial charge on any atom is -0.496 e. The minimum absolute atomic E-state index is 0.0376. The Bertz CT molecular complexity index is 662. The Hall–Kier alpha value is -2.01. The van der Waals surface area contributed by atoms with Gasteiger partial charge in [-0.05, 0) is 18.6 Å². The Balaban J connectivity index is 2.02. The van der Waals surface area contributed by atoms with Gasteiger partial charge in [-0.15, -0.1) is 0 Å². The lowest BCUT2D eigenvalue weighted by Crippen LogP contribution is -2.17. The summed E-state index contributed by atoms with van der Waals surface area (Å²) in [6, 6.07) is 6.16. The van der Waals surface area contributed by atoms with Gasteiger partial charge in [0, 0.05) is 36.8 Å². The third-order valence-corrected chi connectivity index (χ3v) is 4.11. The number of carboxylic acids is 1. The molecule has 5 heteroatoms. The van der Waals surface area contributed by atoms with Crippen molar-refractivity contribution in [3.63, 3.8) is 0 Å². The summed E-state index contributed by atoms with van der Waals surface area (Å²) >= 11 is 0. The topological polar surface area (TPSA) is 63.5 Å². The summed E-state index contributed by atoms with van der Waals surface area (Å²) in [7, 11) is 3.66. The van der Waals surface area contributed by atoms with E-state index in [0.29, 0.717) is 13.0 Å². The molecule has 0 aliphatic carbocycles. The van der Waals surface area contributed by atoms with Gasteiger partial charge in [0.1, 0.15) is 5.75 Å². The molecule has 1 fully saturated rings. The van der Waals surface area contributed by atoms with E-state index >= 15 is 0 Å². The highest BCUT2D eigenvalue weighted by Gasteiger charge is 2.32. The number of nitrogens with zero attached hydrogens (tertiary/aromatic N) is 1. The molecule has 2 aromatic rings. The van der Waals surface area contributed by atoms with Crippen LogP contribution in [0.15, 0.2) is 24.4 Å². The van der Waals surface area contributed by atoms with Gasteiger partial charge in [-0.3, -0.25) is 4.79 Å². The van der Waals surface area contributed by atoms with Gasteiger partial charge in [-0.2, -0.15) is 0 Å². The third kappa shape index (κ3) is 1.94. The van der Waals surface area contributed by atoms with Gasteiger partial charge < -0.3 is 19.7 Å². The number of benzene rings is 1. The number of methoxy groups -OCH3 is 1. The summed E-state index contributed by atoms with van der Waals surface area (Å²) in [6.45, 7) is 0.510. The molecular weight excluding hydrogens is 256 g/mol. The van der Waals surface area contributed by atoms with E-state index in [9.17, 15) is 4.79 Å². The average molecular weight is 274 g/mol. The first-order chi connectivity index (χ1) is 9.61. The zero-order valence-corrected chi connectivity index (χ0v) is 11.6. The first-order valence-corrected chi connectivity index (χ1v) is 6.70. The summed E-state index contributed by atoms with van der Waals surface area (Å²) in [5.41, 5.74) is 2.15. The Kier molecular flexibility index (Phi) is 3.14. The molecule has 2 unspecified atom stereocenters. The normalized spacial score (nSPS) is 22.3. The van der Waals surface area contributed by atoms with Crippen LogP contribution in [0.25, 0.3) is 10.9 Å². The summed E-state index contributed by atoms with van der Waals surface area (Å²) in [5.74, 6) is -0.220. The lowest BCUT2D eigenvalue weighted by molar-refractivity contribution is -0.141. The second-order valence-corrected chi connectivity index (χ2v) is 5.28. The second kappa shape index (κ2) is 4.83. The van der Waals surface area contributed by atoms with E-state index in [4.69, 9.17) is 9.84 Å². The predicted molar refractivity (Wildman–Crippen MR) is 76.0 cm³/mol. The number of ether oxygens (including phenoxy) is 1. The quantitative estimate of drug-likeness (QED) is 0.897. The number of aliphatic carboxylic acids is 1. The molecule has 0 radical (unpaired) electrons. The van der Waals surface area contributed by atoms with Crippen molar-refractivity contribution >= 4 is 16.9 Å². The number of carbonyl (C=O) groups is 1. The van der Waals surface area contributed by atoms with E-state index in [1.54, 1.807) is 7.11 Å². The van der Waals surface area contributed by atoms with E-state index in [1.807, 2.05) is 29.9 Å². The molecule has 1 aliphatic rings. The largest absolute Gasteiger partial charge is 0.496 e. The van der Waals surface area contributed by atoms with E-state index in [1.165, 1.54) is 0 Å². The average Bonchev–Trinajstić information content (AvgIpc) is 3.05. The van der Waals surface area contributed by atoms with Crippen molar-refractivity contribution in [3.05, 3.63) is 30.0 Å². The maximum Gasteiger partial charge on any atom is 0.307 e. The van der Waals surface area contributed by atoms with E-state index < -0.39 is 5.97 Å². The Morgan fingerprint density at radius 1 is 1.45 bits per heavy atom. The molecular formula is C15H18N2O3. The van der Waals surface area contributed by atoms with Crippen LogP contribution in [0.2, 0.25) is 0 Å². The van der Waals surface area contributed by atoms with Crippen LogP contribution in [0.3, 0.4) is 0 Å². The summed E-state index contributed by atoms with van der Waals surface area (Å²) < 4.78 is 7.62. The van der Waals surface area contributed by atoms with Gasteiger partial charge in [0.15, 0.2) is 0 Å². The predicted octanol–water partition coefficient (Wildman–Crippen LogP) is 1.92. The zero-order chi connectivity index (χ0) is 14.3. The van der Waals surface area contributed by atoms with Crippen molar-refractivity contribution in [3.8, 4) is 5.75 Å². The summed E-state index contributed by atoms with van der Waals surface area (Å²) in [6.07, 6.45) is 2.60. The van der Waals surface area contributed by atoms with Crippen molar-refractivity contribution in [2.75, 3.05) is 13.7 Å². The number of carboxylic acid groups (broad SMARTS) is 1. The van der Waals surface area contributed by atoms with Crippen molar-refractivity contribution in [2.45, 2.75) is 12.5 Å². The molecule has 0 spiro atoms. The van der Waals surface area contributed by atoms with E-state index in [-0.39, 0.29) is 12.0 Å². The first-order valence-electron chi connectivity index (χ1n) is 6.70. The molecule has 20 heavy (non-hydrogen) atoms. The molecule has 0 bridgehead atoms. The summed E-state index contributed by atoms with van der Waals surface area (Å²) in [5, 5.41) is 13.5. The molecule has 0 saturated carbocycles. The van der Waals surface area contributed by atoms with Crippen LogP contribution >= 0.6 is 0 Å². The van der Waals surface area contributed by atoms with Crippen LogP contribution in [0.5, 0.6) is 5.75 Å². The molecule has 3 rings (SSSR count). The highest BCUT2D eigenvalue weighted by atomic mass is 16.5. The fourth-order valence-corrected chi connectivity index (χ4v) is 3.00. The molecule has 106 valence electrons. The lowest BCUT2D eigenvalue weighted by atomic mass is 9.98. The fraction of sp³-hybridized carbons (Fsp3) is 0.400. The van der Waals surface area contributed by atoms with Gasteiger partial charge in [-0.25, -0.2) is 0 Å². The van der Waals surface area contributed by atoms with Crippen LogP contribution < -0.4 is 10.1 Å². The molecule has 2 atom stereocenters. The Labute approximate surface area is 117 Å². The smallest absolute Gasteiger partial charge is 0.307 e. The van der Waals surface area contributed by atoms with E-state index in [2.05, 4.69) is 11.4 Å². The standard InChI is InChI=1S/C15H18N2O3/c1-17-6-5-11-13(17)4-3-10(14(11)20-2)12-7-9(8-16-12)15(18)19/h3-6,9,12,16H,7-8H2,1-2H3,(H,18,19). The highest BCUT2D eigenvalue weighted by Crippen LogP contribution is 2.38. The number of rotatable bonds is 3. The third-order valence-electron chi connectivity index (χ3n) is 4.11. The van der Waals surface area contributed by atoms with Crippen molar-refractivity contribution in [1.82, 2.24) is 9.88 Å². The number of aromatic nitrogens is 1. The van der Waals surface area contributed by atoms with E-state index in [0.717, 1.165) is 22.2 Å². The minimum atomic E-state index is -0.736. The van der Waals surface area contributed by atoms with Crippen molar-refractivity contribution < 1.29 is 14.6 Å². The molecule has 1 aliphatic heterocycles. The van der Waals surface area contributed by atoms with Gasteiger partial charge in [0.05, 0.1) is 18.5 Å². The first kappa shape index (κ1) is 13.0. The fourth-order valence-electron chi connectivity index (χ4n) is 3.00. The van der Waals surface area contributed by atoms with Gasteiger partial charge in [-0.1, -0.05) is 6.07 Å². The maximum atomic E-state index is 11.1. The number of hydrogen-bond donors (Lipinski definition) is 2. The Morgan fingerprint density at radius 2 is 2.25 bits per heavy atom. The molecule has 1 aromatic heterocycles. The zero-order valence-electron chi connectivity index (χ0n) is 11.6. The maximum absolute atomic E-state index is 11.1. The number of aryl methyl sites for hydroxylation is 1. The molecule has 1 aromatic carbocycles. The number of hydrogen-bond acceptors (Lipinski definition) is 3. The van der Waals surface area contributed by atoms with Crippen molar-refractivity contribution in [1.29, 1.82) is 0 Å². The number of fused-ring (bicyclic) bond motifs is 1. The Morgan fingerprint density at radius 3 is 2.90 bits per heavy atom. The van der Waals surface area contributed by atoms with Crippen LogP contribution in [0.4, 0.5) is 0 Å².